The van der Waals surface area contributed by atoms with Crippen molar-refractivity contribution in [2.75, 3.05) is 0 Å². The number of nitrogens with zero attached hydrogens (tertiary/aromatic N) is 4. The van der Waals surface area contributed by atoms with Gasteiger partial charge in [-0.05, 0) is 19.9 Å². The molecule has 2 aromatic rings. The van der Waals surface area contributed by atoms with E-state index in [1.54, 1.807) is 6.07 Å². The molecule has 0 saturated heterocycles. The van der Waals surface area contributed by atoms with Crippen LogP contribution in [0.15, 0.2) is 24.3 Å². The first-order chi connectivity index (χ1) is 11.3. The summed E-state index contributed by atoms with van der Waals surface area (Å²) < 4.78 is 6.97. The zero-order chi connectivity index (χ0) is 17.5. The summed E-state index contributed by atoms with van der Waals surface area (Å²) in [5.41, 5.74) is 1.25. The molecular weight excluding hydrogens is 310 g/mol. The predicted molar refractivity (Wildman–Crippen MR) is 83.4 cm³/mol. The molecular formula is C16H15N5O3. The van der Waals surface area contributed by atoms with Gasteiger partial charge < -0.3 is 4.74 Å². The van der Waals surface area contributed by atoms with Crippen LogP contribution in [0.5, 0.6) is 0 Å². The van der Waals surface area contributed by atoms with Crippen LogP contribution in [0.4, 0.5) is 5.69 Å². The smallest absolute Gasteiger partial charge is 0.271 e. The number of fused-ring (bicyclic) bond motifs is 1. The van der Waals surface area contributed by atoms with Crippen LogP contribution >= 0.6 is 0 Å². The summed E-state index contributed by atoms with van der Waals surface area (Å²) in [5.74, 6) is 0. The molecule has 3 rings (SSSR count). The number of benzene rings is 1. The minimum absolute atomic E-state index is 0.0885. The Hall–Kier alpha value is -3.05. The Morgan fingerprint density at radius 1 is 1.50 bits per heavy atom. The molecule has 122 valence electrons. The zero-order valence-corrected chi connectivity index (χ0v) is 13.2. The van der Waals surface area contributed by atoms with Crippen LogP contribution < -0.4 is 5.49 Å². The number of non-ortho nitro benzene ring substituents is 1. The molecule has 0 atom stereocenters. The fourth-order valence-corrected chi connectivity index (χ4v) is 2.72. The van der Waals surface area contributed by atoms with Crippen molar-refractivity contribution in [3.05, 3.63) is 56.7 Å². The number of aromatic nitrogens is 2. The molecule has 0 spiro atoms. The Morgan fingerprint density at radius 2 is 2.25 bits per heavy atom. The van der Waals surface area contributed by atoms with Gasteiger partial charge in [-0.1, -0.05) is 6.07 Å². The standard InChI is InChI=1S/C16H15N5O3/c1-16(2)7-12-13(8-17)15(18)20(19-14(12)9-24-16)10-4-3-5-11(6-10)21(22)23/h3-6,18H,7,9H2,1-2H3. The van der Waals surface area contributed by atoms with Gasteiger partial charge in [-0.25, -0.2) is 4.68 Å². The molecule has 1 aromatic carbocycles. The van der Waals surface area contributed by atoms with Crippen LogP contribution in [0, 0.1) is 26.9 Å². The first kappa shape index (κ1) is 15.8. The first-order valence-corrected chi connectivity index (χ1v) is 7.31. The molecule has 0 fully saturated rings. The summed E-state index contributed by atoms with van der Waals surface area (Å²) in [7, 11) is 0. The van der Waals surface area contributed by atoms with Gasteiger partial charge in [-0.3, -0.25) is 15.5 Å². The van der Waals surface area contributed by atoms with Crippen molar-refractivity contribution in [3.8, 4) is 11.8 Å². The van der Waals surface area contributed by atoms with Crippen molar-refractivity contribution >= 4 is 5.69 Å². The highest BCUT2D eigenvalue weighted by molar-refractivity contribution is 5.45. The zero-order valence-electron chi connectivity index (χ0n) is 13.2. The first-order valence-electron chi connectivity index (χ1n) is 7.31. The van der Waals surface area contributed by atoms with Crippen molar-refractivity contribution in [1.29, 1.82) is 10.7 Å². The third-order valence-electron chi connectivity index (χ3n) is 3.92. The fraction of sp³-hybridized carbons (Fsp3) is 0.312. The largest absolute Gasteiger partial charge is 0.369 e. The van der Waals surface area contributed by atoms with Gasteiger partial charge in [0.1, 0.15) is 11.6 Å². The highest BCUT2D eigenvalue weighted by atomic mass is 16.6. The lowest BCUT2D eigenvalue weighted by atomic mass is 9.92. The third kappa shape index (κ3) is 2.66. The quantitative estimate of drug-likeness (QED) is 0.669. The minimum Gasteiger partial charge on any atom is -0.369 e. The number of rotatable bonds is 2. The van der Waals surface area contributed by atoms with Gasteiger partial charge in [0, 0.05) is 24.1 Å². The maximum absolute atomic E-state index is 11.0. The van der Waals surface area contributed by atoms with E-state index in [0.717, 1.165) is 0 Å². The predicted octanol–water partition coefficient (Wildman–Crippen LogP) is 1.98. The summed E-state index contributed by atoms with van der Waals surface area (Å²) in [6.45, 7) is 4.07. The van der Waals surface area contributed by atoms with Gasteiger partial charge in [0.15, 0.2) is 5.49 Å². The minimum atomic E-state index is -0.511. The van der Waals surface area contributed by atoms with Gasteiger partial charge >= 0.3 is 0 Å². The molecule has 1 aliphatic heterocycles. The number of hydrogen-bond donors (Lipinski definition) is 1. The maximum Gasteiger partial charge on any atom is 0.271 e. The SMILES string of the molecule is CC1(C)Cc2c(nn(-c3cccc([N+](=O)[O-])c3)c(=N)c2C#N)CO1. The van der Waals surface area contributed by atoms with E-state index in [0.29, 0.717) is 23.4 Å². The van der Waals surface area contributed by atoms with E-state index in [1.165, 1.54) is 22.9 Å². The van der Waals surface area contributed by atoms with Crippen LogP contribution in [0.25, 0.3) is 5.69 Å². The van der Waals surface area contributed by atoms with Gasteiger partial charge in [0.2, 0.25) is 0 Å². The normalized spacial score (nSPS) is 15.4. The van der Waals surface area contributed by atoms with E-state index in [4.69, 9.17) is 10.1 Å². The monoisotopic (exact) mass is 325 g/mol. The molecule has 0 amide bonds. The molecule has 0 unspecified atom stereocenters. The Morgan fingerprint density at radius 3 is 2.92 bits per heavy atom. The molecule has 1 N–H and O–H groups in total. The van der Waals surface area contributed by atoms with Crippen LogP contribution in [0.3, 0.4) is 0 Å². The second-order valence-electron chi connectivity index (χ2n) is 6.17. The fourth-order valence-electron chi connectivity index (χ4n) is 2.72. The van der Waals surface area contributed by atoms with Crippen molar-refractivity contribution < 1.29 is 9.66 Å². The second-order valence-corrected chi connectivity index (χ2v) is 6.17. The number of ether oxygens (including phenoxy) is 1. The molecule has 8 nitrogen and oxygen atoms in total. The molecule has 2 heterocycles. The summed E-state index contributed by atoms with van der Waals surface area (Å²) >= 11 is 0. The van der Waals surface area contributed by atoms with E-state index in [2.05, 4.69) is 11.2 Å². The van der Waals surface area contributed by atoms with E-state index >= 15 is 0 Å². The lowest BCUT2D eigenvalue weighted by Crippen LogP contribution is -2.37. The third-order valence-corrected chi connectivity index (χ3v) is 3.92. The van der Waals surface area contributed by atoms with Crippen molar-refractivity contribution in [1.82, 2.24) is 9.78 Å². The van der Waals surface area contributed by atoms with E-state index in [1.807, 2.05) is 13.8 Å². The highest BCUT2D eigenvalue weighted by Gasteiger charge is 2.30. The van der Waals surface area contributed by atoms with Gasteiger partial charge in [0.05, 0.1) is 28.5 Å². The van der Waals surface area contributed by atoms with Crippen molar-refractivity contribution in [3.63, 3.8) is 0 Å². The molecule has 0 aliphatic carbocycles. The van der Waals surface area contributed by atoms with Crippen molar-refractivity contribution in [2.45, 2.75) is 32.5 Å². The van der Waals surface area contributed by atoms with Crippen LogP contribution in [-0.4, -0.2) is 20.3 Å². The molecule has 1 aromatic heterocycles. The second kappa shape index (κ2) is 5.54. The number of nitro benzene ring substituents is 1. The highest BCUT2D eigenvalue weighted by Crippen LogP contribution is 2.28. The van der Waals surface area contributed by atoms with Gasteiger partial charge in [-0.15, -0.1) is 0 Å². The number of nitro groups is 1. The molecule has 24 heavy (non-hydrogen) atoms. The Labute approximate surface area is 137 Å². The molecule has 0 bridgehead atoms. The number of nitrogens with one attached hydrogen (secondary N) is 1. The van der Waals surface area contributed by atoms with Gasteiger partial charge in [0.25, 0.3) is 5.69 Å². The molecule has 8 heteroatoms. The summed E-state index contributed by atoms with van der Waals surface area (Å²) in [6, 6.07) is 7.89. The molecule has 0 radical (unpaired) electrons. The van der Waals surface area contributed by atoms with E-state index in [9.17, 15) is 15.4 Å². The molecule has 0 saturated carbocycles. The van der Waals surface area contributed by atoms with E-state index < -0.39 is 10.5 Å². The lowest BCUT2D eigenvalue weighted by Gasteiger charge is -2.31. The van der Waals surface area contributed by atoms with Crippen LogP contribution in [0.2, 0.25) is 0 Å². The summed E-state index contributed by atoms with van der Waals surface area (Å²) in [5, 5.41) is 33.1. The topological polar surface area (TPSA) is 118 Å². The number of nitriles is 1. The number of hydrogen-bond acceptors (Lipinski definition) is 6. The average Bonchev–Trinajstić information content (AvgIpc) is 2.54. The molecule has 1 aliphatic rings. The average molecular weight is 325 g/mol. The van der Waals surface area contributed by atoms with Crippen LogP contribution in [-0.2, 0) is 17.8 Å². The van der Waals surface area contributed by atoms with Crippen molar-refractivity contribution in [2.24, 2.45) is 0 Å². The van der Waals surface area contributed by atoms with Gasteiger partial charge in [-0.2, -0.15) is 10.4 Å². The Bertz CT molecular complexity index is 940. The summed E-state index contributed by atoms with van der Waals surface area (Å²) in [6.07, 6.45) is 0.486. The lowest BCUT2D eigenvalue weighted by molar-refractivity contribution is -0.384. The maximum atomic E-state index is 11.0. The summed E-state index contributed by atoms with van der Waals surface area (Å²) in [4.78, 5) is 10.4. The van der Waals surface area contributed by atoms with Crippen LogP contribution in [0.1, 0.15) is 30.7 Å². The Balaban J connectivity index is 2.22. The Kier molecular flexibility index (Phi) is 3.66. The van der Waals surface area contributed by atoms with E-state index in [-0.39, 0.29) is 23.3 Å².